The maximum Gasteiger partial charge on any atom is 0.300 e. The molecule has 1 saturated heterocycles. The third kappa shape index (κ3) is 3.40. The van der Waals surface area contributed by atoms with Crippen LogP contribution in [-0.4, -0.2) is 21.9 Å². The quantitative estimate of drug-likeness (QED) is 0.322. The zero-order chi connectivity index (χ0) is 20.7. The number of Topliss-reactive ketones (excluding diaryl/α,β-unsaturated/α-hetero) is 1. The van der Waals surface area contributed by atoms with Gasteiger partial charge in [0.15, 0.2) is 0 Å². The molecule has 0 spiro atoms. The van der Waals surface area contributed by atoms with E-state index in [-0.39, 0.29) is 22.8 Å². The lowest BCUT2D eigenvalue weighted by atomic mass is 9.99. The second-order valence-electron chi connectivity index (χ2n) is 6.33. The van der Waals surface area contributed by atoms with Crippen LogP contribution < -0.4 is 4.90 Å². The molecule has 1 atom stereocenters. The van der Waals surface area contributed by atoms with Crippen LogP contribution in [0.2, 0.25) is 10.0 Å². The van der Waals surface area contributed by atoms with Crippen LogP contribution in [0.25, 0.3) is 5.76 Å². The van der Waals surface area contributed by atoms with Gasteiger partial charge in [-0.3, -0.25) is 14.5 Å². The van der Waals surface area contributed by atoms with E-state index in [4.69, 9.17) is 23.2 Å². The monoisotopic (exact) mass is 445 g/mol. The SMILES string of the molecule is O=C1C(=O)N(c2cc(Cl)ccc2O)C(c2cccs2)/C1=C(/O)c1cccc(Cl)c1. The van der Waals surface area contributed by atoms with Gasteiger partial charge in [-0.25, -0.2) is 0 Å². The van der Waals surface area contributed by atoms with Crippen molar-refractivity contribution >= 4 is 57.7 Å². The Morgan fingerprint density at radius 3 is 2.45 bits per heavy atom. The molecule has 3 aromatic rings. The molecule has 0 saturated carbocycles. The third-order valence-electron chi connectivity index (χ3n) is 4.55. The maximum absolute atomic E-state index is 12.9. The van der Waals surface area contributed by atoms with Crippen LogP contribution in [0.5, 0.6) is 5.75 Å². The number of halogens is 2. The number of phenols is 1. The number of benzene rings is 2. The van der Waals surface area contributed by atoms with E-state index in [9.17, 15) is 19.8 Å². The molecule has 146 valence electrons. The Bertz CT molecular complexity index is 1160. The molecule has 0 radical (unpaired) electrons. The van der Waals surface area contributed by atoms with E-state index in [1.165, 1.54) is 35.6 Å². The number of nitrogens with zero attached hydrogens (tertiary/aromatic N) is 1. The maximum atomic E-state index is 12.9. The predicted octanol–water partition coefficient (Wildman–Crippen LogP) is 5.39. The number of aromatic hydroxyl groups is 1. The second kappa shape index (κ2) is 7.55. The first kappa shape index (κ1) is 19.5. The van der Waals surface area contributed by atoms with Crippen LogP contribution in [0, 0.1) is 0 Å². The van der Waals surface area contributed by atoms with Crippen molar-refractivity contribution in [2.45, 2.75) is 6.04 Å². The van der Waals surface area contributed by atoms with Gasteiger partial charge in [0.2, 0.25) is 0 Å². The van der Waals surface area contributed by atoms with Crippen molar-refractivity contribution in [3.05, 3.63) is 86.0 Å². The summed E-state index contributed by atoms with van der Waals surface area (Å²) in [6.07, 6.45) is 0. The first-order valence-corrected chi connectivity index (χ1v) is 10.1. The summed E-state index contributed by atoms with van der Waals surface area (Å²) in [5.41, 5.74) is 0.314. The number of hydrogen-bond donors (Lipinski definition) is 2. The van der Waals surface area contributed by atoms with Crippen LogP contribution in [0.3, 0.4) is 0 Å². The molecule has 2 heterocycles. The number of amides is 1. The Morgan fingerprint density at radius 2 is 1.76 bits per heavy atom. The molecule has 1 aromatic heterocycles. The van der Waals surface area contributed by atoms with Gasteiger partial charge in [-0.2, -0.15) is 0 Å². The van der Waals surface area contributed by atoms with Crippen molar-refractivity contribution in [2.75, 3.05) is 4.90 Å². The summed E-state index contributed by atoms with van der Waals surface area (Å²) in [6, 6.07) is 13.2. The van der Waals surface area contributed by atoms with Crippen molar-refractivity contribution in [1.82, 2.24) is 0 Å². The van der Waals surface area contributed by atoms with Crippen molar-refractivity contribution in [3.8, 4) is 5.75 Å². The largest absolute Gasteiger partial charge is 0.507 e. The number of hydrogen-bond acceptors (Lipinski definition) is 5. The minimum atomic E-state index is -0.918. The predicted molar refractivity (Wildman–Crippen MR) is 114 cm³/mol. The molecule has 8 heteroatoms. The summed E-state index contributed by atoms with van der Waals surface area (Å²) < 4.78 is 0. The van der Waals surface area contributed by atoms with Crippen molar-refractivity contribution in [2.24, 2.45) is 0 Å². The number of carbonyl (C=O) groups is 2. The van der Waals surface area contributed by atoms with Crippen molar-refractivity contribution in [3.63, 3.8) is 0 Å². The molecular weight excluding hydrogens is 433 g/mol. The number of ketones is 1. The smallest absolute Gasteiger partial charge is 0.300 e. The highest BCUT2D eigenvalue weighted by Crippen LogP contribution is 2.46. The lowest BCUT2D eigenvalue weighted by Gasteiger charge is -2.25. The molecule has 4 rings (SSSR count). The number of aliphatic hydroxyl groups excluding tert-OH is 1. The molecule has 1 aliphatic rings. The van der Waals surface area contributed by atoms with Crippen molar-refractivity contribution < 1.29 is 19.8 Å². The van der Waals surface area contributed by atoms with Gasteiger partial charge < -0.3 is 10.2 Å². The fourth-order valence-corrected chi connectivity index (χ4v) is 4.46. The zero-order valence-electron chi connectivity index (χ0n) is 14.7. The van der Waals surface area contributed by atoms with Crippen LogP contribution in [0.15, 0.2) is 65.6 Å². The molecule has 0 bridgehead atoms. The fraction of sp³-hybridized carbons (Fsp3) is 0.0476. The van der Waals surface area contributed by atoms with Gasteiger partial charge in [-0.15, -0.1) is 11.3 Å². The number of anilines is 1. The highest BCUT2D eigenvalue weighted by molar-refractivity contribution is 7.10. The van der Waals surface area contributed by atoms with E-state index in [1.54, 1.807) is 35.7 Å². The minimum absolute atomic E-state index is 0.0842. The number of aliphatic hydroxyl groups is 1. The number of thiophene rings is 1. The Balaban J connectivity index is 1.97. The lowest BCUT2D eigenvalue weighted by Crippen LogP contribution is -2.29. The highest BCUT2D eigenvalue weighted by atomic mass is 35.5. The van der Waals surface area contributed by atoms with Crippen LogP contribution in [-0.2, 0) is 9.59 Å². The van der Waals surface area contributed by atoms with Gasteiger partial charge in [-0.05, 0) is 41.8 Å². The number of carbonyl (C=O) groups excluding carboxylic acids is 2. The molecule has 2 N–H and O–H groups in total. The van der Waals surface area contributed by atoms with Gasteiger partial charge in [0.1, 0.15) is 17.6 Å². The first-order valence-electron chi connectivity index (χ1n) is 8.47. The minimum Gasteiger partial charge on any atom is -0.507 e. The summed E-state index contributed by atoms with van der Waals surface area (Å²) in [5, 5.41) is 23.7. The molecule has 29 heavy (non-hydrogen) atoms. The topological polar surface area (TPSA) is 77.8 Å². The molecule has 0 aliphatic carbocycles. The van der Waals surface area contributed by atoms with E-state index in [2.05, 4.69) is 0 Å². The fourth-order valence-electron chi connectivity index (χ4n) is 3.28. The molecule has 5 nitrogen and oxygen atoms in total. The van der Waals surface area contributed by atoms with E-state index in [0.29, 0.717) is 20.5 Å². The van der Waals surface area contributed by atoms with Gasteiger partial charge in [0.25, 0.3) is 11.7 Å². The van der Waals surface area contributed by atoms with Crippen LogP contribution >= 0.6 is 34.5 Å². The molecule has 2 aromatic carbocycles. The molecule has 1 unspecified atom stereocenters. The zero-order valence-corrected chi connectivity index (χ0v) is 17.0. The van der Waals surface area contributed by atoms with Crippen LogP contribution in [0.1, 0.15) is 16.5 Å². The molecular formula is C21H13Cl2NO4S. The van der Waals surface area contributed by atoms with Gasteiger partial charge in [0, 0.05) is 20.5 Å². The molecule has 1 aliphatic heterocycles. The molecule has 1 amide bonds. The van der Waals surface area contributed by atoms with E-state index in [0.717, 1.165) is 4.90 Å². The summed E-state index contributed by atoms with van der Waals surface area (Å²) in [4.78, 5) is 27.7. The normalized spacial score (nSPS) is 18.4. The lowest BCUT2D eigenvalue weighted by molar-refractivity contribution is -0.132. The Morgan fingerprint density at radius 1 is 1.00 bits per heavy atom. The Hall–Kier alpha value is -2.80. The first-order chi connectivity index (χ1) is 13.9. The van der Waals surface area contributed by atoms with Crippen molar-refractivity contribution in [1.29, 1.82) is 0 Å². The van der Waals surface area contributed by atoms with E-state index < -0.39 is 17.7 Å². The number of rotatable bonds is 3. The standard InChI is InChI=1S/C21H13Cl2NO4S/c22-12-4-1-3-11(9-12)19(26)17-18(16-5-2-8-29-16)24(21(28)20(17)27)14-10-13(23)6-7-15(14)25/h1-10,18,25-26H/b19-17-. The highest BCUT2D eigenvalue weighted by Gasteiger charge is 2.48. The molecule has 1 fully saturated rings. The average molecular weight is 446 g/mol. The van der Waals surface area contributed by atoms with E-state index >= 15 is 0 Å². The average Bonchev–Trinajstić information content (AvgIpc) is 3.31. The van der Waals surface area contributed by atoms with Gasteiger partial charge in [0.05, 0.1) is 11.3 Å². The second-order valence-corrected chi connectivity index (χ2v) is 8.18. The van der Waals surface area contributed by atoms with Gasteiger partial charge >= 0.3 is 0 Å². The Labute approximate surface area is 180 Å². The summed E-state index contributed by atoms with van der Waals surface area (Å²) in [6.45, 7) is 0. The number of phenolic OH excluding ortho intramolecular Hbond substituents is 1. The summed E-state index contributed by atoms with van der Waals surface area (Å²) >= 11 is 13.4. The summed E-state index contributed by atoms with van der Waals surface area (Å²) in [5.74, 6) is -2.28. The van der Waals surface area contributed by atoms with Crippen LogP contribution in [0.4, 0.5) is 5.69 Å². The van der Waals surface area contributed by atoms with E-state index in [1.807, 2.05) is 0 Å². The van der Waals surface area contributed by atoms with Gasteiger partial charge in [-0.1, -0.05) is 41.4 Å². The summed E-state index contributed by atoms with van der Waals surface area (Å²) in [7, 11) is 0. The Kier molecular flexibility index (Phi) is 5.08. The third-order valence-corrected chi connectivity index (χ3v) is 5.95.